The van der Waals surface area contributed by atoms with Crippen LogP contribution in [-0.2, 0) is 9.63 Å². The van der Waals surface area contributed by atoms with Crippen molar-refractivity contribution >= 4 is 17.3 Å². The molecule has 17 heavy (non-hydrogen) atoms. The third-order valence-electron chi connectivity index (χ3n) is 1.72. The molecule has 0 heterocycles. The van der Waals surface area contributed by atoms with Crippen molar-refractivity contribution < 1.29 is 24.4 Å². The standard InChI is InChI=1S/C9H10N2O6/c1-16-8-3-6(10-17-5-9(12)13)2-7(4-8)11(14)15/h2-4,10H,5H2,1H3,(H,12,13). The van der Waals surface area contributed by atoms with E-state index in [1.165, 1.54) is 25.3 Å². The lowest BCUT2D eigenvalue weighted by Gasteiger charge is -2.07. The van der Waals surface area contributed by atoms with Gasteiger partial charge in [-0.3, -0.25) is 20.4 Å². The second-order valence-corrected chi connectivity index (χ2v) is 2.96. The van der Waals surface area contributed by atoms with Crippen molar-refractivity contribution in [2.75, 3.05) is 19.2 Å². The van der Waals surface area contributed by atoms with Crippen molar-refractivity contribution in [3.63, 3.8) is 0 Å². The molecule has 0 spiro atoms. The predicted octanol–water partition coefficient (Wildman–Crippen LogP) is 1.03. The summed E-state index contributed by atoms with van der Waals surface area (Å²) in [5, 5.41) is 18.9. The van der Waals surface area contributed by atoms with Gasteiger partial charge in [-0.2, -0.15) is 0 Å². The van der Waals surface area contributed by atoms with E-state index in [2.05, 4.69) is 10.3 Å². The maximum Gasteiger partial charge on any atom is 0.332 e. The van der Waals surface area contributed by atoms with E-state index < -0.39 is 17.5 Å². The molecule has 1 aromatic carbocycles. The molecule has 8 heteroatoms. The Morgan fingerprint density at radius 3 is 2.76 bits per heavy atom. The molecule has 0 saturated carbocycles. The predicted molar refractivity (Wildman–Crippen MR) is 56.9 cm³/mol. The maximum absolute atomic E-state index is 10.6. The number of nitrogens with one attached hydrogen (secondary N) is 1. The number of carbonyl (C=O) groups is 1. The highest BCUT2D eigenvalue weighted by molar-refractivity contribution is 5.68. The second kappa shape index (κ2) is 5.66. The Kier molecular flexibility index (Phi) is 4.23. The topological polar surface area (TPSA) is 111 Å². The van der Waals surface area contributed by atoms with Crippen LogP contribution in [0.3, 0.4) is 0 Å². The Labute approximate surface area is 95.9 Å². The van der Waals surface area contributed by atoms with E-state index in [1.54, 1.807) is 0 Å². The number of rotatable bonds is 6. The molecule has 0 unspecified atom stereocenters. The van der Waals surface area contributed by atoms with Crippen LogP contribution in [0.2, 0.25) is 0 Å². The SMILES string of the molecule is COc1cc(NOCC(=O)O)cc([N+](=O)[O-])c1. The van der Waals surface area contributed by atoms with Crippen LogP contribution < -0.4 is 10.2 Å². The largest absolute Gasteiger partial charge is 0.496 e. The van der Waals surface area contributed by atoms with Crippen LogP contribution in [0.4, 0.5) is 11.4 Å². The normalized spacial score (nSPS) is 9.71. The third-order valence-corrected chi connectivity index (χ3v) is 1.72. The average molecular weight is 242 g/mol. The monoisotopic (exact) mass is 242 g/mol. The molecule has 2 N–H and O–H groups in total. The van der Waals surface area contributed by atoms with Crippen molar-refractivity contribution in [3.8, 4) is 5.75 Å². The molecule has 1 aromatic rings. The molecule has 0 atom stereocenters. The zero-order chi connectivity index (χ0) is 12.8. The number of nitro groups is 1. The van der Waals surface area contributed by atoms with Crippen LogP contribution in [0.15, 0.2) is 18.2 Å². The quantitative estimate of drug-likeness (QED) is 0.566. The summed E-state index contributed by atoms with van der Waals surface area (Å²) in [6, 6.07) is 3.88. The second-order valence-electron chi connectivity index (χ2n) is 2.96. The van der Waals surface area contributed by atoms with Gasteiger partial charge < -0.3 is 9.84 Å². The van der Waals surface area contributed by atoms with Gasteiger partial charge in [0.15, 0.2) is 6.61 Å². The summed E-state index contributed by atoms with van der Waals surface area (Å²) in [5.41, 5.74) is 2.33. The summed E-state index contributed by atoms with van der Waals surface area (Å²) >= 11 is 0. The van der Waals surface area contributed by atoms with E-state index >= 15 is 0 Å². The van der Waals surface area contributed by atoms with E-state index in [1.807, 2.05) is 0 Å². The van der Waals surface area contributed by atoms with Gasteiger partial charge in [-0.25, -0.2) is 4.79 Å². The molecular weight excluding hydrogens is 232 g/mol. The van der Waals surface area contributed by atoms with Crippen molar-refractivity contribution in [2.24, 2.45) is 0 Å². The molecule has 0 aliphatic heterocycles. The Morgan fingerprint density at radius 2 is 2.24 bits per heavy atom. The smallest absolute Gasteiger partial charge is 0.332 e. The lowest BCUT2D eigenvalue weighted by Crippen LogP contribution is -2.11. The Balaban J connectivity index is 2.80. The maximum atomic E-state index is 10.6. The molecule has 0 aliphatic carbocycles. The highest BCUT2D eigenvalue weighted by Gasteiger charge is 2.10. The van der Waals surface area contributed by atoms with Crippen LogP contribution >= 0.6 is 0 Å². The number of hydrogen-bond donors (Lipinski definition) is 2. The Morgan fingerprint density at radius 1 is 1.53 bits per heavy atom. The van der Waals surface area contributed by atoms with Gasteiger partial charge in [0, 0.05) is 12.1 Å². The van der Waals surface area contributed by atoms with Crippen LogP contribution in [0, 0.1) is 10.1 Å². The Bertz CT molecular complexity index is 433. The lowest BCUT2D eigenvalue weighted by atomic mass is 10.2. The number of non-ortho nitro benzene ring substituents is 1. The number of benzene rings is 1. The molecule has 1 rings (SSSR count). The number of carboxylic acid groups (broad SMARTS) is 1. The summed E-state index contributed by atoms with van der Waals surface area (Å²) < 4.78 is 4.86. The average Bonchev–Trinajstić information content (AvgIpc) is 2.28. The number of ether oxygens (including phenoxy) is 1. The van der Waals surface area contributed by atoms with Gasteiger partial charge in [0.1, 0.15) is 5.75 Å². The fourth-order valence-corrected chi connectivity index (χ4v) is 1.05. The first-order valence-corrected chi connectivity index (χ1v) is 4.46. The zero-order valence-electron chi connectivity index (χ0n) is 8.87. The van der Waals surface area contributed by atoms with Gasteiger partial charge in [-0.1, -0.05) is 0 Å². The van der Waals surface area contributed by atoms with Crippen molar-refractivity contribution in [2.45, 2.75) is 0 Å². The number of hydrogen-bond acceptors (Lipinski definition) is 6. The number of aliphatic carboxylic acids is 1. The van der Waals surface area contributed by atoms with Crippen LogP contribution in [0.5, 0.6) is 5.75 Å². The first-order chi connectivity index (χ1) is 8.02. The zero-order valence-corrected chi connectivity index (χ0v) is 8.87. The number of anilines is 1. The molecule has 0 fully saturated rings. The van der Waals surface area contributed by atoms with Gasteiger partial charge >= 0.3 is 5.97 Å². The van der Waals surface area contributed by atoms with Crippen LogP contribution in [0.1, 0.15) is 0 Å². The highest BCUT2D eigenvalue weighted by Crippen LogP contribution is 2.25. The number of carboxylic acids is 1. The summed E-state index contributed by atoms with van der Waals surface area (Å²) in [6.45, 7) is -0.564. The minimum Gasteiger partial charge on any atom is -0.496 e. The van der Waals surface area contributed by atoms with Gasteiger partial charge in [0.05, 0.1) is 23.8 Å². The van der Waals surface area contributed by atoms with Gasteiger partial charge in [0.2, 0.25) is 0 Å². The molecular formula is C9H10N2O6. The number of nitro benzene ring substituents is 1. The van der Waals surface area contributed by atoms with E-state index in [-0.39, 0.29) is 17.1 Å². The summed E-state index contributed by atoms with van der Waals surface area (Å²) in [7, 11) is 1.36. The highest BCUT2D eigenvalue weighted by atomic mass is 16.7. The van der Waals surface area contributed by atoms with Gasteiger partial charge in [0.25, 0.3) is 5.69 Å². The molecule has 8 nitrogen and oxygen atoms in total. The fourth-order valence-electron chi connectivity index (χ4n) is 1.05. The molecule has 0 amide bonds. The lowest BCUT2D eigenvalue weighted by molar-refractivity contribution is -0.384. The minimum absolute atomic E-state index is 0.189. The summed E-state index contributed by atoms with van der Waals surface area (Å²) in [4.78, 5) is 24.8. The molecule has 0 bridgehead atoms. The van der Waals surface area contributed by atoms with Gasteiger partial charge in [-0.15, -0.1) is 0 Å². The fraction of sp³-hybridized carbons (Fsp3) is 0.222. The summed E-state index contributed by atoms with van der Waals surface area (Å²) in [6.07, 6.45) is 0. The van der Waals surface area contributed by atoms with E-state index in [9.17, 15) is 14.9 Å². The molecule has 0 aliphatic rings. The van der Waals surface area contributed by atoms with E-state index in [4.69, 9.17) is 9.84 Å². The van der Waals surface area contributed by atoms with Crippen molar-refractivity contribution in [1.29, 1.82) is 0 Å². The van der Waals surface area contributed by atoms with E-state index in [0.717, 1.165) is 0 Å². The third kappa shape index (κ3) is 3.95. The van der Waals surface area contributed by atoms with Crippen molar-refractivity contribution in [3.05, 3.63) is 28.3 Å². The summed E-state index contributed by atoms with van der Waals surface area (Å²) in [5.74, 6) is -0.893. The number of methoxy groups -OCH3 is 1. The van der Waals surface area contributed by atoms with Gasteiger partial charge in [-0.05, 0) is 0 Å². The minimum atomic E-state index is -1.16. The molecule has 0 aromatic heterocycles. The number of nitrogens with zero attached hydrogens (tertiary/aromatic N) is 1. The molecule has 0 radical (unpaired) electrons. The van der Waals surface area contributed by atoms with Crippen molar-refractivity contribution in [1.82, 2.24) is 0 Å². The Hall–Kier alpha value is -2.35. The first-order valence-electron chi connectivity index (χ1n) is 4.46. The van der Waals surface area contributed by atoms with Crippen LogP contribution in [-0.4, -0.2) is 29.7 Å². The molecule has 0 saturated heterocycles. The van der Waals surface area contributed by atoms with Crippen LogP contribution in [0.25, 0.3) is 0 Å². The first kappa shape index (κ1) is 12.7. The van der Waals surface area contributed by atoms with E-state index in [0.29, 0.717) is 0 Å². The molecule has 92 valence electrons.